The maximum atomic E-state index is 13.6. The number of halogens is 1. The van der Waals surface area contributed by atoms with Crippen LogP contribution >= 0.6 is 0 Å². The molecule has 0 amide bonds. The molecule has 0 radical (unpaired) electrons. The molecular weight excluding hydrogens is 185 g/mol. The molecule has 3 nitrogen and oxygen atoms in total. The van der Waals surface area contributed by atoms with Gasteiger partial charge in [-0.15, -0.1) is 0 Å². The second kappa shape index (κ2) is 4.39. The highest BCUT2D eigenvalue weighted by Gasteiger charge is 2.14. The first-order valence-corrected chi connectivity index (χ1v) is 4.31. The largest absolute Gasteiger partial charge is 0.496 e. The number of ether oxygens (including phenoxy) is 1. The Hall–Kier alpha value is -1.13. The van der Waals surface area contributed by atoms with Gasteiger partial charge in [-0.05, 0) is 31.0 Å². The van der Waals surface area contributed by atoms with Crippen molar-refractivity contribution in [3.8, 4) is 5.75 Å². The van der Waals surface area contributed by atoms with Gasteiger partial charge in [-0.2, -0.15) is 0 Å². The van der Waals surface area contributed by atoms with E-state index in [0.717, 1.165) is 5.56 Å². The summed E-state index contributed by atoms with van der Waals surface area (Å²) in [5.74, 6) is 0.142. The van der Waals surface area contributed by atoms with E-state index in [2.05, 4.69) is 0 Å². The van der Waals surface area contributed by atoms with Gasteiger partial charge in [0, 0.05) is 5.56 Å². The number of methoxy groups -OCH3 is 1. The highest BCUT2D eigenvalue weighted by atomic mass is 19.1. The second-order valence-electron chi connectivity index (χ2n) is 3.17. The van der Waals surface area contributed by atoms with Crippen molar-refractivity contribution < 1.29 is 14.3 Å². The number of hydrogen-bond acceptors (Lipinski definition) is 3. The molecule has 0 unspecified atom stereocenters. The van der Waals surface area contributed by atoms with E-state index in [4.69, 9.17) is 9.94 Å². The van der Waals surface area contributed by atoms with E-state index >= 15 is 0 Å². The van der Waals surface area contributed by atoms with Gasteiger partial charge in [-0.25, -0.2) is 9.87 Å². The van der Waals surface area contributed by atoms with Gasteiger partial charge < -0.3 is 9.94 Å². The Morgan fingerprint density at radius 1 is 1.43 bits per heavy atom. The summed E-state index contributed by atoms with van der Waals surface area (Å²) in [4.78, 5) is 0. The predicted octanol–water partition coefficient (Wildman–Crippen LogP) is 1.93. The van der Waals surface area contributed by atoms with Gasteiger partial charge in [0.25, 0.3) is 0 Å². The SMILES string of the molecule is COc1c(C)cc(C)c(F)c1CNO. The molecule has 2 N–H and O–H groups in total. The molecule has 0 atom stereocenters. The van der Waals surface area contributed by atoms with Crippen LogP contribution in [0.15, 0.2) is 6.07 Å². The van der Waals surface area contributed by atoms with Crippen molar-refractivity contribution in [2.45, 2.75) is 20.4 Å². The summed E-state index contributed by atoms with van der Waals surface area (Å²) in [5.41, 5.74) is 3.70. The summed E-state index contributed by atoms with van der Waals surface area (Å²) >= 11 is 0. The second-order valence-corrected chi connectivity index (χ2v) is 3.17. The molecule has 0 saturated heterocycles. The van der Waals surface area contributed by atoms with Crippen LogP contribution in [-0.2, 0) is 6.54 Å². The summed E-state index contributed by atoms with van der Waals surface area (Å²) < 4.78 is 18.7. The summed E-state index contributed by atoms with van der Waals surface area (Å²) in [6.45, 7) is 3.56. The summed E-state index contributed by atoms with van der Waals surface area (Å²) in [6.07, 6.45) is 0. The fourth-order valence-electron chi connectivity index (χ4n) is 1.55. The first kappa shape index (κ1) is 10.9. The van der Waals surface area contributed by atoms with Crippen LogP contribution in [0.1, 0.15) is 16.7 Å². The predicted molar refractivity (Wildman–Crippen MR) is 51.1 cm³/mol. The Kier molecular flexibility index (Phi) is 3.43. The maximum absolute atomic E-state index is 13.6. The van der Waals surface area contributed by atoms with Crippen molar-refractivity contribution in [2.75, 3.05) is 7.11 Å². The van der Waals surface area contributed by atoms with Crippen LogP contribution in [0.4, 0.5) is 4.39 Å². The highest BCUT2D eigenvalue weighted by molar-refractivity contribution is 5.44. The molecule has 0 aliphatic heterocycles. The lowest BCUT2D eigenvalue weighted by atomic mass is 10.0. The minimum absolute atomic E-state index is 0.0392. The van der Waals surface area contributed by atoms with Gasteiger partial charge >= 0.3 is 0 Å². The minimum Gasteiger partial charge on any atom is -0.496 e. The molecule has 1 aromatic carbocycles. The van der Waals surface area contributed by atoms with Crippen molar-refractivity contribution in [2.24, 2.45) is 0 Å². The normalized spacial score (nSPS) is 10.4. The van der Waals surface area contributed by atoms with E-state index < -0.39 is 0 Å². The monoisotopic (exact) mass is 199 g/mol. The number of benzene rings is 1. The topological polar surface area (TPSA) is 41.5 Å². The molecule has 78 valence electrons. The first-order chi connectivity index (χ1) is 6.61. The third-order valence-corrected chi connectivity index (χ3v) is 2.14. The fraction of sp³-hybridized carbons (Fsp3) is 0.400. The van der Waals surface area contributed by atoms with Crippen LogP contribution in [0.2, 0.25) is 0 Å². The lowest BCUT2D eigenvalue weighted by Gasteiger charge is -2.13. The maximum Gasteiger partial charge on any atom is 0.134 e. The smallest absolute Gasteiger partial charge is 0.134 e. The number of hydrogen-bond donors (Lipinski definition) is 2. The van der Waals surface area contributed by atoms with E-state index in [-0.39, 0.29) is 12.4 Å². The number of hydroxylamine groups is 1. The Morgan fingerprint density at radius 2 is 2.07 bits per heavy atom. The Labute approximate surface area is 82.5 Å². The average Bonchev–Trinajstić information content (AvgIpc) is 2.14. The zero-order chi connectivity index (χ0) is 10.7. The highest BCUT2D eigenvalue weighted by Crippen LogP contribution is 2.28. The first-order valence-electron chi connectivity index (χ1n) is 4.31. The standard InChI is InChI=1S/C10H14FNO2/c1-6-4-7(2)10(14-3)8(5-12-13)9(6)11/h4,12-13H,5H2,1-3H3. The van der Waals surface area contributed by atoms with Crippen molar-refractivity contribution >= 4 is 0 Å². The van der Waals surface area contributed by atoms with Crippen molar-refractivity contribution in [1.82, 2.24) is 5.48 Å². The van der Waals surface area contributed by atoms with Crippen LogP contribution in [-0.4, -0.2) is 12.3 Å². The van der Waals surface area contributed by atoms with Crippen LogP contribution in [0, 0.1) is 19.7 Å². The minimum atomic E-state index is -0.339. The summed E-state index contributed by atoms with van der Waals surface area (Å²) in [6, 6.07) is 1.72. The molecular formula is C10H14FNO2. The third-order valence-electron chi connectivity index (χ3n) is 2.14. The van der Waals surface area contributed by atoms with Gasteiger partial charge in [-0.1, -0.05) is 0 Å². The van der Waals surface area contributed by atoms with E-state index in [1.54, 1.807) is 13.0 Å². The van der Waals surface area contributed by atoms with Crippen molar-refractivity contribution in [3.05, 3.63) is 28.6 Å². The molecule has 4 heteroatoms. The number of aryl methyl sites for hydroxylation is 2. The summed E-state index contributed by atoms with van der Waals surface area (Å²) in [7, 11) is 1.48. The van der Waals surface area contributed by atoms with Crippen LogP contribution in [0.25, 0.3) is 0 Å². The molecule has 0 aliphatic rings. The van der Waals surface area contributed by atoms with Gasteiger partial charge in [0.2, 0.25) is 0 Å². The zero-order valence-electron chi connectivity index (χ0n) is 8.52. The van der Waals surface area contributed by atoms with Crippen molar-refractivity contribution in [1.29, 1.82) is 0 Å². The molecule has 0 fully saturated rings. The summed E-state index contributed by atoms with van der Waals surface area (Å²) in [5, 5.41) is 8.57. The lowest BCUT2D eigenvalue weighted by Crippen LogP contribution is -2.11. The molecule has 0 bridgehead atoms. The van der Waals surface area contributed by atoms with E-state index in [1.807, 2.05) is 12.4 Å². The lowest BCUT2D eigenvalue weighted by molar-refractivity contribution is 0.158. The van der Waals surface area contributed by atoms with Crippen LogP contribution in [0.5, 0.6) is 5.75 Å². The molecule has 1 rings (SSSR count). The van der Waals surface area contributed by atoms with Gasteiger partial charge in [0.1, 0.15) is 11.6 Å². The molecule has 0 aromatic heterocycles. The fourth-order valence-corrected chi connectivity index (χ4v) is 1.55. The van der Waals surface area contributed by atoms with Gasteiger partial charge in [0.15, 0.2) is 0 Å². The van der Waals surface area contributed by atoms with E-state index in [0.29, 0.717) is 16.9 Å². The number of rotatable bonds is 3. The molecule has 0 aliphatic carbocycles. The molecule has 14 heavy (non-hydrogen) atoms. The van der Waals surface area contributed by atoms with Crippen LogP contribution < -0.4 is 10.2 Å². The Balaban J connectivity index is 3.32. The quantitative estimate of drug-likeness (QED) is 0.731. The molecule has 0 spiro atoms. The molecule has 1 aromatic rings. The Morgan fingerprint density at radius 3 is 2.57 bits per heavy atom. The number of nitrogens with one attached hydrogen (secondary N) is 1. The van der Waals surface area contributed by atoms with Gasteiger partial charge in [-0.3, -0.25) is 0 Å². The van der Waals surface area contributed by atoms with E-state index in [9.17, 15) is 4.39 Å². The van der Waals surface area contributed by atoms with Gasteiger partial charge in [0.05, 0.1) is 13.7 Å². The van der Waals surface area contributed by atoms with Crippen LogP contribution in [0.3, 0.4) is 0 Å². The van der Waals surface area contributed by atoms with Crippen molar-refractivity contribution in [3.63, 3.8) is 0 Å². The van der Waals surface area contributed by atoms with E-state index in [1.165, 1.54) is 7.11 Å². The Bertz CT molecular complexity index is 339. The molecule has 0 heterocycles. The average molecular weight is 199 g/mol. The third kappa shape index (κ3) is 1.86. The molecule has 0 saturated carbocycles. The zero-order valence-corrected chi connectivity index (χ0v) is 8.52.